The van der Waals surface area contributed by atoms with Crippen molar-refractivity contribution < 1.29 is 26.7 Å². The van der Waals surface area contributed by atoms with Crippen molar-refractivity contribution in [3.8, 4) is 0 Å². The van der Waals surface area contributed by atoms with Gasteiger partial charge in [-0.25, -0.2) is 4.52 Å². The maximum atomic E-state index is 11.6. The van der Waals surface area contributed by atoms with Crippen molar-refractivity contribution in [2.45, 2.75) is 25.8 Å². The second kappa shape index (κ2) is 3.87. The first-order valence-electron chi connectivity index (χ1n) is 3.33. The van der Waals surface area contributed by atoms with Gasteiger partial charge in [0.15, 0.2) is 0 Å². The summed E-state index contributed by atoms with van der Waals surface area (Å²) in [6.07, 6.45) is -4.31. The molecular formula is C5H8F3O3P. The summed E-state index contributed by atoms with van der Waals surface area (Å²) in [7, 11) is -2.22. The topological polar surface area (TPSA) is 27.7 Å². The zero-order valence-electron chi connectivity index (χ0n) is 6.30. The van der Waals surface area contributed by atoms with E-state index in [1.165, 1.54) is 0 Å². The van der Waals surface area contributed by atoms with Crippen molar-refractivity contribution in [2.24, 2.45) is 0 Å². The van der Waals surface area contributed by atoms with Crippen LogP contribution in [-0.4, -0.2) is 19.1 Å². The first-order valence-corrected chi connectivity index (χ1v) is 4.42. The van der Waals surface area contributed by atoms with Gasteiger partial charge in [0.05, 0.1) is 12.7 Å². The number of rotatable bonds is 1. The van der Waals surface area contributed by atoms with E-state index in [4.69, 9.17) is 4.52 Å². The first-order chi connectivity index (χ1) is 5.47. The summed E-state index contributed by atoms with van der Waals surface area (Å²) in [5.41, 5.74) is 0. The highest BCUT2D eigenvalue weighted by molar-refractivity contribution is 7.41. The largest absolute Gasteiger partial charge is 0.529 e. The standard InChI is InChI=1S/C5H8F3O3P/c1-4-2-3-9-12(10-4)11-5(6,7)8/h4H,2-3H2,1H3. The minimum atomic E-state index is -4.68. The summed E-state index contributed by atoms with van der Waals surface area (Å²) < 4.78 is 47.8. The van der Waals surface area contributed by atoms with E-state index in [-0.39, 0.29) is 12.7 Å². The summed E-state index contributed by atoms with van der Waals surface area (Å²) in [6, 6.07) is 0. The predicted octanol–water partition coefficient (Wildman–Crippen LogP) is 2.58. The lowest BCUT2D eigenvalue weighted by Gasteiger charge is -2.25. The lowest BCUT2D eigenvalue weighted by Crippen LogP contribution is -2.19. The minimum absolute atomic E-state index is 0.229. The fraction of sp³-hybridized carbons (Fsp3) is 1.00. The van der Waals surface area contributed by atoms with E-state index in [2.05, 4.69) is 9.05 Å². The van der Waals surface area contributed by atoms with Gasteiger partial charge in [0, 0.05) is 0 Å². The molecule has 1 aliphatic heterocycles. The average molecular weight is 204 g/mol. The molecule has 0 spiro atoms. The van der Waals surface area contributed by atoms with Gasteiger partial charge in [0.1, 0.15) is 0 Å². The molecule has 0 aromatic rings. The molecule has 1 heterocycles. The molecule has 2 unspecified atom stereocenters. The highest BCUT2D eigenvalue weighted by Crippen LogP contribution is 2.49. The molecule has 0 saturated carbocycles. The lowest BCUT2D eigenvalue weighted by molar-refractivity contribution is -0.281. The Kier molecular flexibility index (Phi) is 3.29. The molecule has 1 aliphatic rings. The molecule has 7 heteroatoms. The number of hydrogen-bond donors (Lipinski definition) is 0. The first kappa shape index (κ1) is 10.2. The van der Waals surface area contributed by atoms with Crippen LogP contribution in [0.5, 0.6) is 0 Å². The molecule has 0 aliphatic carbocycles. The van der Waals surface area contributed by atoms with E-state index in [1.807, 2.05) is 0 Å². The molecule has 1 fully saturated rings. The van der Waals surface area contributed by atoms with Crippen LogP contribution in [0.3, 0.4) is 0 Å². The molecule has 2 atom stereocenters. The predicted molar refractivity (Wildman–Crippen MR) is 35.2 cm³/mol. The fourth-order valence-electron chi connectivity index (χ4n) is 0.656. The van der Waals surface area contributed by atoms with Crippen molar-refractivity contribution in [3.63, 3.8) is 0 Å². The van der Waals surface area contributed by atoms with Crippen LogP contribution in [0.2, 0.25) is 0 Å². The summed E-state index contributed by atoms with van der Waals surface area (Å²) in [6.45, 7) is 1.93. The minimum Gasteiger partial charge on any atom is -0.312 e. The third kappa shape index (κ3) is 3.67. The van der Waals surface area contributed by atoms with Crippen LogP contribution in [-0.2, 0) is 13.6 Å². The Hall–Kier alpha value is 0.100. The molecule has 0 aromatic heterocycles. The summed E-state index contributed by atoms with van der Waals surface area (Å²) in [5.74, 6) is 0. The van der Waals surface area contributed by atoms with Crippen molar-refractivity contribution >= 4 is 8.60 Å². The highest BCUT2D eigenvalue weighted by Gasteiger charge is 2.38. The fourth-order valence-corrected chi connectivity index (χ4v) is 1.64. The van der Waals surface area contributed by atoms with Crippen LogP contribution >= 0.6 is 8.60 Å². The molecule has 0 N–H and O–H groups in total. The third-order valence-electron chi connectivity index (χ3n) is 1.17. The van der Waals surface area contributed by atoms with Crippen LogP contribution in [0.1, 0.15) is 13.3 Å². The zero-order chi connectivity index (χ0) is 9.19. The Morgan fingerprint density at radius 1 is 1.50 bits per heavy atom. The van der Waals surface area contributed by atoms with Gasteiger partial charge in [-0.1, -0.05) is 0 Å². The van der Waals surface area contributed by atoms with Crippen molar-refractivity contribution in [1.29, 1.82) is 0 Å². The van der Waals surface area contributed by atoms with Crippen LogP contribution in [0.4, 0.5) is 13.2 Å². The molecule has 12 heavy (non-hydrogen) atoms. The Morgan fingerprint density at radius 2 is 2.17 bits per heavy atom. The van der Waals surface area contributed by atoms with Gasteiger partial charge in [-0.15, -0.1) is 13.2 Å². The van der Waals surface area contributed by atoms with E-state index in [0.717, 1.165) is 0 Å². The Balaban J connectivity index is 2.32. The Labute approximate surface area is 68.8 Å². The second-order valence-electron chi connectivity index (χ2n) is 2.30. The van der Waals surface area contributed by atoms with Gasteiger partial charge in [0.2, 0.25) is 0 Å². The number of hydrogen-bond acceptors (Lipinski definition) is 3. The highest BCUT2D eigenvalue weighted by atomic mass is 31.2. The molecule has 0 aromatic carbocycles. The van der Waals surface area contributed by atoms with Gasteiger partial charge in [0.25, 0.3) is 0 Å². The zero-order valence-corrected chi connectivity index (χ0v) is 7.19. The maximum absolute atomic E-state index is 11.6. The van der Waals surface area contributed by atoms with Gasteiger partial charge in [-0.2, -0.15) is 0 Å². The quantitative estimate of drug-likeness (QED) is 0.614. The van der Waals surface area contributed by atoms with Gasteiger partial charge in [-0.05, 0) is 13.3 Å². The van der Waals surface area contributed by atoms with E-state index in [0.29, 0.717) is 6.42 Å². The lowest BCUT2D eigenvalue weighted by atomic mass is 10.3. The summed E-state index contributed by atoms with van der Waals surface area (Å²) in [5, 5.41) is 0. The Morgan fingerprint density at radius 3 is 2.67 bits per heavy atom. The molecule has 3 nitrogen and oxygen atoms in total. The number of halogens is 3. The van der Waals surface area contributed by atoms with Crippen LogP contribution in [0.25, 0.3) is 0 Å². The molecule has 72 valence electrons. The van der Waals surface area contributed by atoms with Gasteiger partial charge in [-0.3, -0.25) is 0 Å². The van der Waals surface area contributed by atoms with E-state index < -0.39 is 15.0 Å². The van der Waals surface area contributed by atoms with Crippen molar-refractivity contribution in [1.82, 2.24) is 0 Å². The molecule has 0 bridgehead atoms. The molecule has 1 saturated heterocycles. The molecular weight excluding hydrogens is 196 g/mol. The summed E-state index contributed by atoms with van der Waals surface area (Å²) in [4.78, 5) is 0. The summed E-state index contributed by atoms with van der Waals surface area (Å²) >= 11 is 0. The SMILES string of the molecule is CC1CCOP(OC(F)(F)F)O1. The van der Waals surface area contributed by atoms with E-state index >= 15 is 0 Å². The third-order valence-corrected chi connectivity index (χ3v) is 2.45. The van der Waals surface area contributed by atoms with Crippen LogP contribution < -0.4 is 0 Å². The van der Waals surface area contributed by atoms with E-state index in [9.17, 15) is 13.2 Å². The van der Waals surface area contributed by atoms with E-state index in [1.54, 1.807) is 6.92 Å². The monoisotopic (exact) mass is 204 g/mol. The smallest absolute Gasteiger partial charge is 0.312 e. The molecule has 1 rings (SSSR count). The van der Waals surface area contributed by atoms with Crippen LogP contribution in [0.15, 0.2) is 0 Å². The van der Waals surface area contributed by atoms with Crippen LogP contribution in [0, 0.1) is 0 Å². The normalized spacial score (nSPS) is 32.0. The molecule has 0 radical (unpaired) electrons. The van der Waals surface area contributed by atoms with Gasteiger partial charge < -0.3 is 9.05 Å². The van der Waals surface area contributed by atoms with Crippen molar-refractivity contribution in [2.75, 3.05) is 6.61 Å². The van der Waals surface area contributed by atoms with Crippen molar-refractivity contribution in [3.05, 3.63) is 0 Å². The molecule has 0 amide bonds. The maximum Gasteiger partial charge on any atom is 0.529 e. The average Bonchev–Trinajstić information content (AvgIpc) is 1.82. The second-order valence-corrected chi connectivity index (χ2v) is 3.40. The Bertz CT molecular complexity index is 151. The number of alkyl halides is 3. The van der Waals surface area contributed by atoms with Gasteiger partial charge >= 0.3 is 15.0 Å².